The van der Waals surface area contributed by atoms with E-state index in [2.05, 4.69) is 10.3 Å². The summed E-state index contributed by atoms with van der Waals surface area (Å²) in [7, 11) is 0. The van der Waals surface area contributed by atoms with Crippen LogP contribution < -0.4 is 5.32 Å². The van der Waals surface area contributed by atoms with Gasteiger partial charge in [-0.15, -0.1) is 11.3 Å². The van der Waals surface area contributed by atoms with Crippen molar-refractivity contribution in [3.63, 3.8) is 0 Å². The first-order valence-electron chi connectivity index (χ1n) is 6.85. The lowest BCUT2D eigenvalue weighted by Gasteiger charge is -2.04. The number of nitrogens with zero attached hydrogens (tertiary/aromatic N) is 1. The molecule has 3 aromatic rings. The number of halogens is 2. The highest BCUT2D eigenvalue weighted by molar-refractivity contribution is 7.14. The van der Waals surface area contributed by atoms with Crippen molar-refractivity contribution in [3.05, 3.63) is 59.2 Å². The molecule has 23 heavy (non-hydrogen) atoms. The molecule has 0 saturated carbocycles. The fraction of sp³-hybridized carbons (Fsp3) is 0.125. The van der Waals surface area contributed by atoms with E-state index in [0.717, 1.165) is 0 Å². The number of carbonyl (C=O) groups excluding carboxylic acids is 1. The molecule has 0 atom stereocenters. The zero-order chi connectivity index (χ0) is 16.2. The number of rotatable bonds is 5. The summed E-state index contributed by atoms with van der Waals surface area (Å²) in [6.45, 7) is 0. The fourth-order valence-corrected chi connectivity index (χ4v) is 2.78. The van der Waals surface area contributed by atoms with Crippen molar-refractivity contribution < 1.29 is 18.0 Å². The monoisotopic (exact) mass is 334 g/mol. The lowest BCUT2D eigenvalue weighted by molar-refractivity contribution is -0.116. The van der Waals surface area contributed by atoms with Gasteiger partial charge in [0.2, 0.25) is 5.91 Å². The average molecular weight is 334 g/mol. The predicted molar refractivity (Wildman–Crippen MR) is 83.1 cm³/mol. The first-order valence-corrected chi connectivity index (χ1v) is 7.73. The molecule has 3 rings (SSSR count). The van der Waals surface area contributed by atoms with E-state index < -0.39 is 11.6 Å². The van der Waals surface area contributed by atoms with Crippen molar-refractivity contribution in [1.29, 1.82) is 0 Å². The van der Waals surface area contributed by atoms with Crippen LogP contribution in [0.3, 0.4) is 0 Å². The largest absolute Gasteiger partial charge is 0.463 e. The highest BCUT2D eigenvalue weighted by Gasteiger charge is 2.13. The van der Waals surface area contributed by atoms with Gasteiger partial charge in [0.1, 0.15) is 17.3 Å². The van der Waals surface area contributed by atoms with Gasteiger partial charge in [-0.05, 0) is 30.7 Å². The summed E-state index contributed by atoms with van der Waals surface area (Å²) in [6, 6.07) is 7.15. The third-order valence-corrected chi connectivity index (χ3v) is 3.95. The number of hydrogen-bond acceptors (Lipinski definition) is 4. The first kappa shape index (κ1) is 15.4. The van der Waals surface area contributed by atoms with Crippen LogP contribution in [0.5, 0.6) is 0 Å². The van der Waals surface area contributed by atoms with Gasteiger partial charge in [-0.2, -0.15) is 0 Å². The molecule has 0 aliphatic carbocycles. The van der Waals surface area contributed by atoms with Crippen LogP contribution in [0.4, 0.5) is 13.9 Å². The number of hydrogen-bond donors (Lipinski definition) is 1. The molecular formula is C16H12F2N2O2S. The number of nitrogens with one attached hydrogen (secondary N) is 1. The Bertz CT molecular complexity index is 795. The fourth-order valence-electron chi connectivity index (χ4n) is 2.06. The van der Waals surface area contributed by atoms with Crippen LogP contribution in [-0.4, -0.2) is 10.9 Å². The Balaban J connectivity index is 1.60. The second-order valence-electron chi connectivity index (χ2n) is 4.76. The number of benzene rings is 1. The van der Waals surface area contributed by atoms with E-state index in [-0.39, 0.29) is 24.3 Å². The van der Waals surface area contributed by atoms with Crippen LogP contribution in [0.15, 0.2) is 46.4 Å². The average Bonchev–Trinajstić information content (AvgIpc) is 3.17. The molecule has 0 unspecified atom stereocenters. The van der Waals surface area contributed by atoms with Gasteiger partial charge in [-0.1, -0.05) is 6.07 Å². The maximum atomic E-state index is 13.5. The zero-order valence-corrected chi connectivity index (χ0v) is 12.7. The van der Waals surface area contributed by atoms with E-state index in [9.17, 15) is 13.6 Å². The van der Waals surface area contributed by atoms with E-state index in [1.165, 1.54) is 35.8 Å². The highest BCUT2D eigenvalue weighted by atomic mass is 32.1. The quantitative estimate of drug-likeness (QED) is 0.759. The molecule has 2 heterocycles. The van der Waals surface area contributed by atoms with Crippen LogP contribution in [0.2, 0.25) is 0 Å². The topological polar surface area (TPSA) is 55.1 Å². The maximum absolute atomic E-state index is 13.5. The summed E-state index contributed by atoms with van der Waals surface area (Å²) >= 11 is 1.25. The van der Waals surface area contributed by atoms with Crippen molar-refractivity contribution >= 4 is 22.4 Å². The molecule has 0 bridgehead atoms. The minimum atomic E-state index is -0.646. The standard InChI is InChI=1S/C16H12F2N2O2S/c17-11-3-1-4-12(18)10(11)6-7-15(21)20-16-19-13(9-23-16)14-5-2-8-22-14/h1-5,8-9H,6-7H2,(H,19,20,21). The molecule has 0 radical (unpaired) electrons. The third kappa shape index (κ3) is 3.62. The molecule has 0 aliphatic heterocycles. The highest BCUT2D eigenvalue weighted by Crippen LogP contribution is 2.25. The normalized spacial score (nSPS) is 10.7. The summed E-state index contributed by atoms with van der Waals surface area (Å²) in [5, 5.41) is 4.78. The lowest BCUT2D eigenvalue weighted by atomic mass is 10.1. The van der Waals surface area contributed by atoms with Crippen molar-refractivity contribution in [2.75, 3.05) is 5.32 Å². The molecule has 7 heteroatoms. The number of furan rings is 1. The first-order chi connectivity index (χ1) is 11.1. The van der Waals surface area contributed by atoms with Crippen molar-refractivity contribution in [1.82, 2.24) is 4.98 Å². The molecule has 1 aromatic carbocycles. The molecule has 2 aromatic heterocycles. The smallest absolute Gasteiger partial charge is 0.226 e. The molecule has 0 saturated heterocycles. The maximum Gasteiger partial charge on any atom is 0.226 e. The number of anilines is 1. The van der Waals surface area contributed by atoms with Crippen LogP contribution in [0.1, 0.15) is 12.0 Å². The predicted octanol–water partition coefficient (Wildman–Crippen LogP) is 4.25. The van der Waals surface area contributed by atoms with E-state index in [1.807, 2.05) is 0 Å². The summed E-state index contributed by atoms with van der Waals surface area (Å²) in [5.74, 6) is -1.04. The van der Waals surface area contributed by atoms with Crippen LogP contribution in [-0.2, 0) is 11.2 Å². The Morgan fingerprint density at radius 3 is 2.70 bits per heavy atom. The summed E-state index contributed by atoms with van der Waals surface area (Å²) in [4.78, 5) is 16.1. The zero-order valence-electron chi connectivity index (χ0n) is 11.9. The molecule has 0 spiro atoms. The molecule has 0 aliphatic rings. The number of aromatic nitrogens is 1. The summed E-state index contributed by atoms with van der Waals surface area (Å²) in [5.41, 5.74) is 0.536. The third-order valence-electron chi connectivity index (χ3n) is 3.19. The summed E-state index contributed by atoms with van der Waals surface area (Å²) in [6.07, 6.45) is 1.49. The van der Waals surface area contributed by atoms with Gasteiger partial charge in [-0.3, -0.25) is 4.79 Å². The van der Waals surface area contributed by atoms with Gasteiger partial charge in [0, 0.05) is 17.4 Å². The summed E-state index contributed by atoms with van der Waals surface area (Å²) < 4.78 is 32.2. The van der Waals surface area contributed by atoms with E-state index in [1.54, 1.807) is 17.5 Å². The second kappa shape index (κ2) is 6.70. The van der Waals surface area contributed by atoms with Gasteiger partial charge in [-0.25, -0.2) is 13.8 Å². The number of amides is 1. The van der Waals surface area contributed by atoms with Crippen LogP contribution in [0, 0.1) is 11.6 Å². The Morgan fingerprint density at radius 1 is 1.22 bits per heavy atom. The van der Waals surface area contributed by atoms with Crippen LogP contribution >= 0.6 is 11.3 Å². The molecule has 1 N–H and O–H groups in total. The Morgan fingerprint density at radius 2 is 2.00 bits per heavy atom. The van der Waals surface area contributed by atoms with Crippen LogP contribution in [0.25, 0.3) is 11.5 Å². The Labute approximate surface area is 134 Å². The SMILES string of the molecule is O=C(CCc1c(F)cccc1F)Nc1nc(-c2ccco2)cs1. The van der Waals surface area contributed by atoms with E-state index in [4.69, 9.17) is 4.42 Å². The lowest BCUT2D eigenvalue weighted by Crippen LogP contribution is -2.13. The molecular weight excluding hydrogens is 322 g/mol. The Hall–Kier alpha value is -2.54. The van der Waals surface area contributed by atoms with Crippen molar-refractivity contribution in [2.24, 2.45) is 0 Å². The van der Waals surface area contributed by atoms with E-state index >= 15 is 0 Å². The Kier molecular flexibility index (Phi) is 4.47. The second-order valence-corrected chi connectivity index (χ2v) is 5.62. The molecule has 118 valence electrons. The minimum Gasteiger partial charge on any atom is -0.463 e. The van der Waals surface area contributed by atoms with E-state index in [0.29, 0.717) is 16.6 Å². The number of carbonyl (C=O) groups is 1. The molecule has 1 amide bonds. The van der Waals surface area contributed by atoms with Gasteiger partial charge >= 0.3 is 0 Å². The van der Waals surface area contributed by atoms with Gasteiger partial charge in [0.05, 0.1) is 6.26 Å². The minimum absolute atomic E-state index is 0.0131. The number of thiazole rings is 1. The van der Waals surface area contributed by atoms with Crippen molar-refractivity contribution in [2.45, 2.75) is 12.8 Å². The van der Waals surface area contributed by atoms with Gasteiger partial charge in [0.25, 0.3) is 0 Å². The van der Waals surface area contributed by atoms with Crippen molar-refractivity contribution in [3.8, 4) is 11.5 Å². The van der Waals surface area contributed by atoms with Gasteiger partial charge < -0.3 is 9.73 Å². The molecule has 4 nitrogen and oxygen atoms in total. The van der Waals surface area contributed by atoms with Gasteiger partial charge in [0.15, 0.2) is 10.9 Å². The molecule has 0 fully saturated rings.